The van der Waals surface area contributed by atoms with Crippen LogP contribution in [0.15, 0.2) is 0 Å². The molecule has 0 aromatic carbocycles. The molecule has 26 heavy (non-hydrogen) atoms. The summed E-state index contributed by atoms with van der Waals surface area (Å²) in [4.78, 5) is 11.8. The minimum Gasteiger partial charge on any atom is -0.461 e. The summed E-state index contributed by atoms with van der Waals surface area (Å²) < 4.78 is 5.42. The highest BCUT2D eigenvalue weighted by Gasteiger charge is 2.16. The molecular formula is C23H47NO2. The van der Waals surface area contributed by atoms with Gasteiger partial charge in [0.15, 0.2) is 0 Å². The van der Waals surface area contributed by atoms with Gasteiger partial charge in [-0.1, -0.05) is 104 Å². The number of carbonyl (C=O) groups excluding carboxylic acids is 1. The highest BCUT2D eigenvalue weighted by molar-refractivity contribution is 5.69. The van der Waals surface area contributed by atoms with E-state index in [1.54, 1.807) is 0 Å². The van der Waals surface area contributed by atoms with E-state index in [1.165, 1.54) is 83.5 Å². The predicted molar refractivity (Wildman–Crippen MR) is 113 cm³/mol. The molecule has 3 heteroatoms. The molecule has 0 rings (SSSR count). The summed E-state index contributed by atoms with van der Waals surface area (Å²) in [7, 11) is 0. The van der Waals surface area contributed by atoms with Crippen LogP contribution in [0.4, 0.5) is 0 Å². The van der Waals surface area contributed by atoms with Crippen LogP contribution in [0.3, 0.4) is 0 Å². The summed E-state index contributed by atoms with van der Waals surface area (Å²) >= 11 is 0. The molecule has 3 nitrogen and oxygen atoms in total. The number of esters is 1. The SMILES string of the molecule is CCCCCCCCCCCCCCCCCC(=O)OC(CC)C(C)N. The fourth-order valence-electron chi connectivity index (χ4n) is 3.43. The number of rotatable bonds is 19. The van der Waals surface area contributed by atoms with E-state index in [9.17, 15) is 4.79 Å². The molecule has 0 radical (unpaired) electrons. The topological polar surface area (TPSA) is 52.3 Å². The van der Waals surface area contributed by atoms with Gasteiger partial charge in [0.25, 0.3) is 0 Å². The van der Waals surface area contributed by atoms with Gasteiger partial charge in [0, 0.05) is 12.5 Å². The van der Waals surface area contributed by atoms with Crippen molar-refractivity contribution in [2.45, 2.75) is 142 Å². The van der Waals surface area contributed by atoms with E-state index in [4.69, 9.17) is 10.5 Å². The van der Waals surface area contributed by atoms with Crippen LogP contribution in [-0.2, 0) is 9.53 Å². The molecule has 0 saturated heterocycles. The van der Waals surface area contributed by atoms with Gasteiger partial charge in [-0.15, -0.1) is 0 Å². The van der Waals surface area contributed by atoms with Gasteiger partial charge >= 0.3 is 5.97 Å². The second-order valence-corrected chi connectivity index (χ2v) is 8.00. The summed E-state index contributed by atoms with van der Waals surface area (Å²) in [6.45, 7) is 6.18. The Morgan fingerprint density at radius 1 is 0.731 bits per heavy atom. The Morgan fingerprint density at radius 2 is 1.12 bits per heavy atom. The van der Waals surface area contributed by atoms with Gasteiger partial charge in [0.1, 0.15) is 6.10 Å². The van der Waals surface area contributed by atoms with E-state index < -0.39 is 0 Å². The summed E-state index contributed by atoms with van der Waals surface area (Å²) in [6, 6.07) is -0.0787. The van der Waals surface area contributed by atoms with Gasteiger partial charge < -0.3 is 10.5 Å². The molecule has 0 amide bonds. The van der Waals surface area contributed by atoms with Crippen LogP contribution >= 0.6 is 0 Å². The maximum atomic E-state index is 11.8. The lowest BCUT2D eigenvalue weighted by molar-refractivity contribution is -0.150. The molecule has 0 aliphatic heterocycles. The maximum absolute atomic E-state index is 11.8. The zero-order valence-corrected chi connectivity index (χ0v) is 18.1. The zero-order chi connectivity index (χ0) is 19.5. The zero-order valence-electron chi connectivity index (χ0n) is 18.1. The first kappa shape index (κ1) is 25.4. The molecule has 2 atom stereocenters. The number of ether oxygens (including phenoxy) is 1. The van der Waals surface area contributed by atoms with Gasteiger partial charge in [0.2, 0.25) is 0 Å². The number of unbranched alkanes of at least 4 members (excludes halogenated alkanes) is 14. The van der Waals surface area contributed by atoms with Gasteiger partial charge in [-0.2, -0.15) is 0 Å². The Balaban J connectivity index is 3.25. The Labute approximate surface area is 163 Å². The molecule has 0 fully saturated rings. The van der Waals surface area contributed by atoms with E-state index in [1.807, 2.05) is 13.8 Å². The van der Waals surface area contributed by atoms with Crippen LogP contribution in [0, 0.1) is 0 Å². The second-order valence-electron chi connectivity index (χ2n) is 8.00. The van der Waals surface area contributed by atoms with Crippen molar-refractivity contribution in [3.8, 4) is 0 Å². The summed E-state index contributed by atoms with van der Waals surface area (Å²) in [6.07, 6.45) is 21.3. The van der Waals surface area contributed by atoms with E-state index >= 15 is 0 Å². The average Bonchev–Trinajstić information content (AvgIpc) is 2.62. The van der Waals surface area contributed by atoms with Crippen LogP contribution in [0.5, 0.6) is 0 Å². The van der Waals surface area contributed by atoms with Crippen molar-refractivity contribution in [3.05, 3.63) is 0 Å². The fraction of sp³-hybridized carbons (Fsp3) is 0.957. The van der Waals surface area contributed by atoms with Crippen LogP contribution in [0.2, 0.25) is 0 Å². The van der Waals surface area contributed by atoms with Crippen LogP contribution in [0.25, 0.3) is 0 Å². The molecule has 0 aliphatic carbocycles. The van der Waals surface area contributed by atoms with Gasteiger partial charge in [-0.05, 0) is 19.8 Å². The third kappa shape index (κ3) is 16.9. The molecule has 0 saturated carbocycles. The summed E-state index contributed by atoms with van der Waals surface area (Å²) in [5.74, 6) is -0.0798. The first-order valence-corrected chi connectivity index (χ1v) is 11.6. The average molecular weight is 370 g/mol. The normalized spacial score (nSPS) is 13.5. The summed E-state index contributed by atoms with van der Waals surface area (Å²) in [5.41, 5.74) is 5.80. The molecule has 0 aromatic heterocycles. The molecule has 156 valence electrons. The summed E-state index contributed by atoms with van der Waals surface area (Å²) in [5, 5.41) is 0. The monoisotopic (exact) mass is 369 g/mol. The number of hydrogen-bond donors (Lipinski definition) is 1. The quantitative estimate of drug-likeness (QED) is 0.199. The standard InChI is InChI=1S/C23H47NO2/c1-4-6-7-8-9-10-11-12-13-14-15-16-17-18-19-20-23(25)26-22(5-2)21(3)24/h21-22H,4-20,24H2,1-3H3. The van der Waals surface area contributed by atoms with Crippen molar-refractivity contribution in [3.63, 3.8) is 0 Å². The Hall–Kier alpha value is -0.570. The number of hydrogen-bond acceptors (Lipinski definition) is 3. The van der Waals surface area contributed by atoms with Crippen molar-refractivity contribution in [1.82, 2.24) is 0 Å². The predicted octanol–water partition coefficient (Wildman–Crippen LogP) is 6.92. The third-order valence-corrected chi connectivity index (χ3v) is 5.26. The van der Waals surface area contributed by atoms with E-state index in [2.05, 4.69) is 6.92 Å². The molecule has 0 aromatic rings. The molecule has 0 spiro atoms. The Morgan fingerprint density at radius 3 is 1.46 bits per heavy atom. The Bertz CT molecular complexity index is 305. The van der Waals surface area contributed by atoms with Crippen LogP contribution in [-0.4, -0.2) is 18.1 Å². The van der Waals surface area contributed by atoms with Crippen molar-refractivity contribution < 1.29 is 9.53 Å². The highest BCUT2D eigenvalue weighted by atomic mass is 16.5. The fourth-order valence-corrected chi connectivity index (χ4v) is 3.43. The lowest BCUT2D eigenvalue weighted by Crippen LogP contribution is -2.35. The number of carbonyl (C=O) groups is 1. The first-order chi connectivity index (χ1) is 12.6. The first-order valence-electron chi connectivity index (χ1n) is 11.6. The van der Waals surface area contributed by atoms with E-state index in [0.29, 0.717) is 6.42 Å². The van der Waals surface area contributed by atoms with Crippen LogP contribution < -0.4 is 5.73 Å². The minimum absolute atomic E-state index is 0.0787. The van der Waals surface area contributed by atoms with Gasteiger partial charge in [-0.3, -0.25) is 4.79 Å². The van der Waals surface area contributed by atoms with Crippen molar-refractivity contribution >= 4 is 5.97 Å². The van der Waals surface area contributed by atoms with E-state index in [0.717, 1.165) is 19.3 Å². The largest absolute Gasteiger partial charge is 0.461 e. The maximum Gasteiger partial charge on any atom is 0.306 e. The molecule has 0 aliphatic rings. The minimum atomic E-state index is -0.126. The van der Waals surface area contributed by atoms with Gasteiger partial charge in [-0.25, -0.2) is 0 Å². The molecule has 2 N–H and O–H groups in total. The molecule has 0 bridgehead atoms. The van der Waals surface area contributed by atoms with E-state index in [-0.39, 0.29) is 18.1 Å². The van der Waals surface area contributed by atoms with Gasteiger partial charge in [0.05, 0.1) is 0 Å². The molecular weight excluding hydrogens is 322 g/mol. The lowest BCUT2D eigenvalue weighted by Gasteiger charge is -2.19. The third-order valence-electron chi connectivity index (χ3n) is 5.26. The lowest BCUT2D eigenvalue weighted by atomic mass is 10.0. The smallest absolute Gasteiger partial charge is 0.306 e. The highest BCUT2D eigenvalue weighted by Crippen LogP contribution is 2.14. The van der Waals surface area contributed by atoms with Crippen LogP contribution in [0.1, 0.15) is 130 Å². The number of nitrogens with two attached hydrogens (primary N) is 1. The molecule has 0 heterocycles. The second kappa shape index (κ2) is 19.2. The molecule has 2 unspecified atom stereocenters. The Kier molecular flexibility index (Phi) is 18.8. The van der Waals surface area contributed by atoms with Crippen molar-refractivity contribution in [2.24, 2.45) is 5.73 Å². The van der Waals surface area contributed by atoms with Crippen molar-refractivity contribution in [2.75, 3.05) is 0 Å². The van der Waals surface area contributed by atoms with Crippen molar-refractivity contribution in [1.29, 1.82) is 0 Å².